The van der Waals surface area contributed by atoms with Crippen molar-refractivity contribution in [1.82, 2.24) is 0 Å². The summed E-state index contributed by atoms with van der Waals surface area (Å²) in [5.74, 6) is 0.883. The van der Waals surface area contributed by atoms with Gasteiger partial charge in [-0.05, 0) is 55.3 Å². The third-order valence-electron chi connectivity index (χ3n) is 4.62. The molecule has 1 heterocycles. The van der Waals surface area contributed by atoms with Gasteiger partial charge in [0.15, 0.2) is 0 Å². The number of ether oxygens (including phenoxy) is 1. The number of methoxy groups -OCH3 is 1. The number of thiocarbonyl (C=S) groups is 1. The minimum atomic E-state index is -0.250. The predicted molar refractivity (Wildman–Crippen MR) is 125 cm³/mol. The van der Waals surface area contributed by atoms with Crippen LogP contribution in [0, 0.1) is 13.8 Å². The monoisotopic (exact) mass is 437 g/mol. The van der Waals surface area contributed by atoms with Crippen LogP contribution in [0.25, 0.3) is 0 Å². The minimum absolute atomic E-state index is 0.250. The van der Waals surface area contributed by atoms with E-state index in [0.29, 0.717) is 0 Å². The molecule has 0 atom stereocenters. The van der Waals surface area contributed by atoms with E-state index in [4.69, 9.17) is 26.2 Å². The summed E-state index contributed by atoms with van der Waals surface area (Å²) in [7, 11) is 1.71. The van der Waals surface area contributed by atoms with E-state index in [9.17, 15) is 0 Å². The van der Waals surface area contributed by atoms with E-state index in [1.807, 2.05) is 18.2 Å². The second kappa shape index (κ2) is 12.9. The van der Waals surface area contributed by atoms with E-state index in [1.54, 1.807) is 7.11 Å². The molecule has 0 radical (unpaired) electrons. The summed E-state index contributed by atoms with van der Waals surface area (Å²) in [4.78, 5) is 13.2. The maximum Gasteiger partial charge on any atom is 0.290 e. The van der Waals surface area contributed by atoms with E-state index in [0.717, 1.165) is 48.1 Å². The number of rotatable bonds is 3. The lowest BCUT2D eigenvalue weighted by atomic mass is 10.1. The molecule has 3 N–H and O–H groups in total. The molecule has 3 rings (SSSR count). The summed E-state index contributed by atoms with van der Waals surface area (Å²) in [6, 6.07) is 12.5. The average molecular weight is 438 g/mol. The first-order valence-corrected chi connectivity index (χ1v) is 9.90. The quantitative estimate of drug-likeness (QED) is 0.556. The number of benzene rings is 2. The van der Waals surface area contributed by atoms with Crippen LogP contribution >= 0.6 is 23.8 Å². The normalized spacial score (nSPS) is 12.7. The van der Waals surface area contributed by atoms with E-state index in [2.05, 4.69) is 59.8 Å². The van der Waals surface area contributed by atoms with Crippen LogP contribution < -0.4 is 20.3 Å². The molecular formula is C21H28ClN3O3S. The molecule has 8 heteroatoms. The van der Waals surface area contributed by atoms with Gasteiger partial charge in [0.05, 0.1) is 18.3 Å². The maximum absolute atomic E-state index is 8.36. The Balaban J connectivity index is 0.000000626. The van der Waals surface area contributed by atoms with Crippen LogP contribution in [0.4, 0.5) is 11.4 Å². The molecule has 29 heavy (non-hydrogen) atoms. The maximum atomic E-state index is 8.36. The zero-order chi connectivity index (χ0) is 21.8. The lowest BCUT2D eigenvalue weighted by molar-refractivity contribution is -0.122. The first kappa shape index (κ1) is 24.5. The average Bonchev–Trinajstić information content (AvgIpc) is 2.71. The third-order valence-corrected chi connectivity index (χ3v) is 4.85. The van der Waals surface area contributed by atoms with Gasteiger partial charge in [-0.15, -0.1) is 0 Å². The van der Waals surface area contributed by atoms with Crippen molar-refractivity contribution in [2.45, 2.75) is 13.8 Å². The van der Waals surface area contributed by atoms with Gasteiger partial charge in [0.25, 0.3) is 6.47 Å². The summed E-state index contributed by atoms with van der Waals surface area (Å²) in [6.45, 7) is 8.00. The first-order chi connectivity index (χ1) is 13.9. The van der Waals surface area contributed by atoms with E-state index < -0.39 is 0 Å². The lowest BCUT2D eigenvalue weighted by Gasteiger charge is -2.38. The van der Waals surface area contributed by atoms with Crippen LogP contribution in [-0.2, 0) is 4.79 Å². The highest BCUT2D eigenvalue weighted by Gasteiger charge is 2.20. The summed E-state index contributed by atoms with van der Waals surface area (Å²) in [5.41, 5.74) is 10.7. The number of halogens is 1. The molecule has 2 aromatic rings. The molecule has 0 bridgehead atoms. The summed E-state index contributed by atoms with van der Waals surface area (Å²) in [5, 5.41) is 7.64. The largest absolute Gasteiger partial charge is 0.495 e. The van der Waals surface area contributed by atoms with Crippen molar-refractivity contribution in [1.29, 1.82) is 0 Å². The van der Waals surface area contributed by atoms with Gasteiger partial charge in [-0.25, -0.2) is 0 Å². The van der Waals surface area contributed by atoms with Crippen LogP contribution in [0.2, 0.25) is 5.02 Å². The Morgan fingerprint density at radius 3 is 2.14 bits per heavy atom. The third kappa shape index (κ3) is 7.44. The molecule has 1 saturated heterocycles. The number of anilines is 2. The number of aryl methyl sites for hydroxylation is 2. The molecule has 158 valence electrons. The van der Waals surface area contributed by atoms with Crippen molar-refractivity contribution in [2.24, 2.45) is 5.73 Å². The molecule has 0 amide bonds. The Bertz CT molecular complexity index is 791. The van der Waals surface area contributed by atoms with Crippen LogP contribution in [0.15, 0.2) is 36.4 Å². The number of carboxylic acid groups (broad SMARTS) is 1. The number of nitrogens with zero attached hydrogens (tertiary/aromatic N) is 2. The molecule has 0 aromatic heterocycles. The van der Waals surface area contributed by atoms with Crippen molar-refractivity contribution >= 4 is 47.2 Å². The van der Waals surface area contributed by atoms with Gasteiger partial charge in [0, 0.05) is 36.9 Å². The SMILES string of the molecule is COc1ccc(Cl)cc1N1CCN(c2ccc(C)c(C)c2)CC1.NC=S.O=CO. The van der Waals surface area contributed by atoms with Gasteiger partial charge in [-0.1, -0.05) is 29.9 Å². The number of hydrogen-bond acceptors (Lipinski definition) is 5. The number of nitrogens with two attached hydrogens (primary N) is 1. The zero-order valence-corrected chi connectivity index (χ0v) is 18.5. The summed E-state index contributed by atoms with van der Waals surface area (Å²) in [6.07, 6.45) is 0. The van der Waals surface area contributed by atoms with Crippen LogP contribution in [0.3, 0.4) is 0 Å². The second-order valence-electron chi connectivity index (χ2n) is 6.30. The summed E-state index contributed by atoms with van der Waals surface area (Å²) < 4.78 is 5.48. The first-order valence-electron chi connectivity index (χ1n) is 9.05. The van der Waals surface area contributed by atoms with Gasteiger partial charge < -0.3 is 25.4 Å². The molecule has 0 aliphatic carbocycles. The fraction of sp³-hybridized carbons (Fsp3) is 0.333. The number of carbonyl (C=O) groups is 1. The highest BCUT2D eigenvalue weighted by molar-refractivity contribution is 7.78. The van der Waals surface area contributed by atoms with Gasteiger partial charge in [-0.2, -0.15) is 0 Å². The Kier molecular flexibility index (Phi) is 10.9. The van der Waals surface area contributed by atoms with Crippen molar-refractivity contribution in [2.75, 3.05) is 43.1 Å². The molecule has 1 fully saturated rings. The minimum Gasteiger partial charge on any atom is -0.495 e. The van der Waals surface area contributed by atoms with Gasteiger partial charge in [0.2, 0.25) is 0 Å². The van der Waals surface area contributed by atoms with Crippen LogP contribution in [-0.4, -0.2) is 50.4 Å². The fourth-order valence-corrected chi connectivity index (χ4v) is 3.20. The zero-order valence-electron chi connectivity index (χ0n) is 17.0. The molecule has 2 aromatic carbocycles. The molecule has 0 spiro atoms. The van der Waals surface area contributed by atoms with Crippen molar-refractivity contribution in [3.8, 4) is 5.75 Å². The van der Waals surface area contributed by atoms with E-state index in [1.165, 1.54) is 16.8 Å². The van der Waals surface area contributed by atoms with E-state index >= 15 is 0 Å². The van der Waals surface area contributed by atoms with Crippen LogP contribution in [0.1, 0.15) is 11.1 Å². The Labute approximate surface area is 182 Å². The molecular weight excluding hydrogens is 410 g/mol. The Hall–Kier alpha value is -2.51. The molecule has 1 aliphatic heterocycles. The van der Waals surface area contributed by atoms with Gasteiger partial charge in [0.1, 0.15) is 5.75 Å². The summed E-state index contributed by atoms with van der Waals surface area (Å²) >= 11 is 10.2. The smallest absolute Gasteiger partial charge is 0.290 e. The van der Waals surface area contributed by atoms with Gasteiger partial charge >= 0.3 is 0 Å². The van der Waals surface area contributed by atoms with Crippen molar-refractivity contribution in [3.05, 3.63) is 52.5 Å². The fourth-order valence-electron chi connectivity index (χ4n) is 3.04. The molecule has 1 aliphatic rings. The Morgan fingerprint density at radius 2 is 1.62 bits per heavy atom. The van der Waals surface area contributed by atoms with E-state index in [-0.39, 0.29) is 6.47 Å². The predicted octanol–water partition coefficient (Wildman–Crippen LogP) is 3.90. The highest BCUT2D eigenvalue weighted by Crippen LogP contribution is 2.32. The van der Waals surface area contributed by atoms with Crippen molar-refractivity contribution in [3.63, 3.8) is 0 Å². The molecule has 0 unspecified atom stereocenters. The second-order valence-corrected chi connectivity index (χ2v) is 7.01. The van der Waals surface area contributed by atoms with Crippen molar-refractivity contribution < 1.29 is 14.6 Å². The van der Waals surface area contributed by atoms with Crippen LogP contribution in [0.5, 0.6) is 5.75 Å². The standard InChI is InChI=1S/C19H23ClN2O.CH3NS.CH2O2/c1-14-4-6-17(12-15(14)2)21-8-10-22(11-9-21)18-13-16(20)5-7-19(18)23-3;2*2-1-3/h4-7,12-13H,8-11H2,1-3H3;1H,(H2,2,3);1H,(H,2,3). The van der Waals surface area contributed by atoms with Gasteiger partial charge in [-0.3, -0.25) is 4.79 Å². The molecule has 0 saturated carbocycles. The lowest BCUT2D eigenvalue weighted by Crippen LogP contribution is -2.46. The number of hydrogen-bond donors (Lipinski definition) is 2. The Morgan fingerprint density at radius 1 is 1.07 bits per heavy atom. The topological polar surface area (TPSA) is 79.0 Å². The molecule has 6 nitrogen and oxygen atoms in total. The highest BCUT2D eigenvalue weighted by atomic mass is 35.5. The number of piperazine rings is 1.